The van der Waals surface area contributed by atoms with Crippen LogP contribution in [0.4, 0.5) is 0 Å². The summed E-state index contributed by atoms with van der Waals surface area (Å²) in [5.41, 5.74) is 7.05. The number of esters is 1. The molecule has 2 bridgehead atoms. The molecule has 7 rings (SSSR count). The number of hydrogen-bond acceptors (Lipinski definition) is 3. The molecule has 31 heavy (non-hydrogen) atoms. The molecule has 4 nitrogen and oxygen atoms in total. The van der Waals surface area contributed by atoms with Gasteiger partial charge in [0.2, 0.25) is 0 Å². The largest absolute Gasteiger partial charge is 0.448 e. The van der Waals surface area contributed by atoms with Crippen LogP contribution in [0, 0.1) is 5.92 Å². The van der Waals surface area contributed by atoms with Crippen LogP contribution in [-0.2, 0) is 16.0 Å². The van der Waals surface area contributed by atoms with Crippen molar-refractivity contribution in [2.24, 2.45) is 5.92 Å². The Labute approximate surface area is 181 Å². The Kier molecular flexibility index (Phi) is 4.20. The first-order valence-corrected chi connectivity index (χ1v) is 10.9. The van der Waals surface area contributed by atoms with Crippen LogP contribution in [0.3, 0.4) is 0 Å². The number of fused-ring (bicyclic) bond motifs is 2. The maximum Gasteiger partial charge on any atom is 0.339 e. The number of nitrogens with one attached hydrogen (secondary N) is 1. The smallest absolute Gasteiger partial charge is 0.339 e. The van der Waals surface area contributed by atoms with Crippen molar-refractivity contribution in [2.45, 2.75) is 30.8 Å². The topological polar surface area (TPSA) is 55.4 Å². The highest BCUT2D eigenvalue weighted by atomic mass is 16.5. The minimum absolute atomic E-state index is 0.203. The fourth-order valence-corrected chi connectivity index (χ4v) is 5.78. The molecule has 3 aromatic carbocycles. The van der Waals surface area contributed by atoms with Crippen LogP contribution in [0.5, 0.6) is 0 Å². The zero-order valence-electron chi connectivity index (χ0n) is 17.1. The Morgan fingerprint density at radius 1 is 0.871 bits per heavy atom. The SMILES string of the molecule is O=C1O[C@@H](C(=O)NC[C@H]2CC3c4ccccc4C2c2ccccc23)Cc2ccccc21. The molecule has 0 saturated heterocycles. The number of ether oxygens (including phenoxy) is 1. The van der Waals surface area contributed by atoms with E-state index >= 15 is 0 Å². The third kappa shape index (κ3) is 2.89. The van der Waals surface area contributed by atoms with Gasteiger partial charge >= 0.3 is 5.97 Å². The Morgan fingerprint density at radius 2 is 1.48 bits per heavy atom. The normalized spacial score (nSPS) is 25.1. The van der Waals surface area contributed by atoms with E-state index in [2.05, 4.69) is 53.8 Å². The van der Waals surface area contributed by atoms with Gasteiger partial charge in [0.25, 0.3) is 5.91 Å². The van der Waals surface area contributed by atoms with E-state index in [-0.39, 0.29) is 11.8 Å². The highest BCUT2D eigenvalue weighted by Crippen LogP contribution is 2.55. The van der Waals surface area contributed by atoms with Crippen molar-refractivity contribution in [2.75, 3.05) is 6.54 Å². The zero-order valence-corrected chi connectivity index (χ0v) is 17.1. The number of rotatable bonds is 3. The molecule has 1 aliphatic heterocycles. The quantitative estimate of drug-likeness (QED) is 0.660. The third-order valence-electron chi connectivity index (χ3n) is 7.15. The molecule has 3 aromatic rings. The highest BCUT2D eigenvalue weighted by Gasteiger charge is 2.43. The van der Waals surface area contributed by atoms with Crippen LogP contribution in [0.15, 0.2) is 72.8 Å². The van der Waals surface area contributed by atoms with E-state index in [1.165, 1.54) is 22.3 Å². The number of hydrogen-bond donors (Lipinski definition) is 1. The standard InChI is InChI=1S/C27H23NO3/c29-26(24-14-16-7-1-2-8-18(16)27(30)31-24)28-15-17-13-23-19-9-3-5-11-21(19)25(17)22-12-6-4-10-20(22)23/h1-12,17,23-25H,13-15H2,(H,28,29)/t17-,23?,24-,25?/m1/s1. The first-order valence-electron chi connectivity index (χ1n) is 10.9. The van der Waals surface area contributed by atoms with Gasteiger partial charge in [-0.2, -0.15) is 0 Å². The summed E-state index contributed by atoms with van der Waals surface area (Å²) in [5.74, 6) is 0.365. The molecule has 3 aliphatic carbocycles. The number of benzene rings is 3. The van der Waals surface area contributed by atoms with Gasteiger partial charge in [-0.05, 0) is 46.2 Å². The predicted octanol–water partition coefficient (Wildman–Crippen LogP) is 4.18. The van der Waals surface area contributed by atoms with Gasteiger partial charge in [0, 0.05) is 24.8 Å². The summed E-state index contributed by atoms with van der Waals surface area (Å²) >= 11 is 0. The van der Waals surface area contributed by atoms with Crippen LogP contribution < -0.4 is 5.32 Å². The maximum absolute atomic E-state index is 12.9. The predicted molar refractivity (Wildman–Crippen MR) is 117 cm³/mol. The summed E-state index contributed by atoms with van der Waals surface area (Å²) < 4.78 is 5.44. The lowest BCUT2D eigenvalue weighted by Crippen LogP contribution is -2.45. The summed E-state index contributed by atoms with van der Waals surface area (Å²) in [6, 6.07) is 24.8. The first-order chi connectivity index (χ1) is 15.2. The summed E-state index contributed by atoms with van der Waals surface area (Å²) in [6.07, 6.45) is 0.685. The summed E-state index contributed by atoms with van der Waals surface area (Å²) in [6.45, 7) is 0.582. The van der Waals surface area contributed by atoms with Gasteiger partial charge in [-0.3, -0.25) is 4.79 Å². The van der Waals surface area contributed by atoms with Crippen molar-refractivity contribution in [1.29, 1.82) is 0 Å². The van der Waals surface area contributed by atoms with Crippen molar-refractivity contribution in [3.8, 4) is 0 Å². The maximum atomic E-state index is 12.9. The molecular weight excluding hydrogens is 386 g/mol. The molecule has 1 amide bonds. The number of carbonyl (C=O) groups is 2. The zero-order chi connectivity index (χ0) is 20.9. The molecule has 0 saturated carbocycles. The average Bonchev–Trinajstić information content (AvgIpc) is 2.82. The van der Waals surface area contributed by atoms with Gasteiger partial charge in [0.1, 0.15) is 0 Å². The lowest BCUT2D eigenvalue weighted by molar-refractivity contribution is -0.130. The van der Waals surface area contributed by atoms with Gasteiger partial charge in [0.05, 0.1) is 5.56 Å². The van der Waals surface area contributed by atoms with Gasteiger partial charge < -0.3 is 10.1 Å². The summed E-state index contributed by atoms with van der Waals surface area (Å²) in [7, 11) is 0. The van der Waals surface area contributed by atoms with Crippen LogP contribution in [-0.4, -0.2) is 24.5 Å². The lowest BCUT2D eigenvalue weighted by atomic mass is 9.59. The molecule has 0 radical (unpaired) electrons. The number of cyclic esters (lactones) is 1. The lowest BCUT2D eigenvalue weighted by Gasteiger charge is -2.45. The van der Waals surface area contributed by atoms with Crippen molar-refractivity contribution < 1.29 is 14.3 Å². The molecule has 154 valence electrons. The Bertz CT molecular complexity index is 1150. The minimum atomic E-state index is -0.761. The van der Waals surface area contributed by atoms with Crippen LogP contribution in [0.2, 0.25) is 0 Å². The molecule has 1 heterocycles. The van der Waals surface area contributed by atoms with Gasteiger partial charge in [-0.25, -0.2) is 4.79 Å². The van der Waals surface area contributed by atoms with E-state index in [1.807, 2.05) is 18.2 Å². The highest BCUT2D eigenvalue weighted by molar-refractivity contribution is 5.95. The Hall–Kier alpha value is -3.40. The van der Waals surface area contributed by atoms with Crippen molar-refractivity contribution in [3.63, 3.8) is 0 Å². The van der Waals surface area contributed by atoms with E-state index in [0.717, 1.165) is 12.0 Å². The molecule has 0 fully saturated rings. The molecule has 4 heteroatoms. The van der Waals surface area contributed by atoms with Crippen molar-refractivity contribution in [3.05, 3.63) is 106 Å². The first kappa shape index (κ1) is 18.4. The van der Waals surface area contributed by atoms with Crippen LogP contribution in [0.25, 0.3) is 0 Å². The van der Waals surface area contributed by atoms with Gasteiger partial charge in [-0.1, -0.05) is 66.7 Å². The van der Waals surface area contributed by atoms with E-state index in [4.69, 9.17) is 4.74 Å². The molecule has 0 unspecified atom stereocenters. The second-order valence-corrected chi connectivity index (χ2v) is 8.78. The summed E-state index contributed by atoms with van der Waals surface area (Å²) in [5, 5.41) is 3.10. The average molecular weight is 409 g/mol. The monoisotopic (exact) mass is 409 g/mol. The van der Waals surface area contributed by atoms with Crippen LogP contribution >= 0.6 is 0 Å². The summed E-state index contributed by atoms with van der Waals surface area (Å²) in [4.78, 5) is 25.2. The van der Waals surface area contributed by atoms with Gasteiger partial charge in [-0.15, -0.1) is 0 Å². The van der Waals surface area contributed by atoms with E-state index in [9.17, 15) is 9.59 Å². The Balaban J connectivity index is 1.22. The fraction of sp³-hybridized carbons (Fsp3) is 0.259. The minimum Gasteiger partial charge on any atom is -0.448 e. The van der Waals surface area contributed by atoms with E-state index < -0.39 is 12.1 Å². The number of carbonyl (C=O) groups excluding carboxylic acids is 2. The Morgan fingerprint density at radius 3 is 2.19 bits per heavy atom. The second-order valence-electron chi connectivity index (χ2n) is 8.78. The molecule has 1 N–H and O–H groups in total. The van der Waals surface area contributed by atoms with Crippen molar-refractivity contribution >= 4 is 11.9 Å². The second kappa shape index (κ2) is 7.09. The van der Waals surface area contributed by atoms with Crippen LogP contribution in [0.1, 0.15) is 56.4 Å². The molecule has 2 atom stereocenters. The third-order valence-corrected chi connectivity index (χ3v) is 7.15. The molecular formula is C27H23NO3. The molecule has 0 aromatic heterocycles. The van der Waals surface area contributed by atoms with Crippen molar-refractivity contribution in [1.82, 2.24) is 5.32 Å². The number of amides is 1. The molecule has 0 spiro atoms. The fourth-order valence-electron chi connectivity index (χ4n) is 5.78. The van der Waals surface area contributed by atoms with E-state index in [0.29, 0.717) is 30.4 Å². The molecule has 4 aliphatic rings. The van der Waals surface area contributed by atoms with E-state index in [1.54, 1.807) is 6.07 Å². The van der Waals surface area contributed by atoms with Gasteiger partial charge in [0.15, 0.2) is 6.10 Å².